The predicted molar refractivity (Wildman–Crippen MR) is 91.8 cm³/mol. The van der Waals surface area contributed by atoms with E-state index in [1.165, 1.54) is 18.2 Å². The Hall–Kier alpha value is -2.44. The van der Waals surface area contributed by atoms with Crippen molar-refractivity contribution in [1.82, 2.24) is 9.88 Å². The van der Waals surface area contributed by atoms with Crippen LogP contribution in [0.1, 0.15) is 39.6 Å². The number of amides is 1. The van der Waals surface area contributed by atoms with Crippen LogP contribution in [0.25, 0.3) is 0 Å². The van der Waals surface area contributed by atoms with Gasteiger partial charge in [0, 0.05) is 10.6 Å². The molecule has 0 spiro atoms. The van der Waals surface area contributed by atoms with Crippen LogP contribution < -0.4 is 0 Å². The van der Waals surface area contributed by atoms with Crippen LogP contribution in [-0.2, 0) is 4.74 Å². The van der Waals surface area contributed by atoms with Crippen molar-refractivity contribution >= 4 is 23.5 Å². The second-order valence-electron chi connectivity index (χ2n) is 5.86. The van der Waals surface area contributed by atoms with Gasteiger partial charge in [-0.1, -0.05) is 35.9 Å². The Kier molecular flexibility index (Phi) is 5.01. The fraction of sp³-hybridized carbons (Fsp3) is 0.278. The second kappa shape index (κ2) is 7.21. The number of halogens is 1. The number of aromatic carboxylic acids is 1. The molecule has 7 heteroatoms. The first-order valence-corrected chi connectivity index (χ1v) is 8.22. The zero-order valence-electron chi connectivity index (χ0n) is 13.6. The summed E-state index contributed by atoms with van der Waals surface area (Å²) < 4.78 is 5.84. The van der Waals surface area contributed by atoms with E-state index < -0.39 is 5.97 Å². The summed E-state index contributed by atoms with van der Waals surface area (Å²) in [5, 5.41) is 9.64. The second-order valence-corrected chi connectivity index (χ2v) is 6.27. The first-order valence-electron chi connectivity index (χ1n) is 7.84. The number of carboxylic acid groups (broad SMARTS) is 1. The molecule has 1 fully saturated rings. The van der Waals surface area contributed by atoms with Gasteiger partial charge in [0.15, 0.2) is 0 Å². The summed E-state index contributed by atoms with van der Waals surface area (Å²) in [6.45, 7) is 2.56. The highest BCUT2D eigenvalue weighted by Crippen LogP contribution is 2.30. The number of carbonyl (C=O) groups is 2. The molecule has 0 saturated carbocycles. The van der Waals surface area contributed by atoms with E-state index in [-0.39, 0.29) is 29.4 Å². The third-order valence-corrected chi connectivity index (χ3v) is 4.48. The summed E-state index contributed by atoms with van der Waals surface area (Å²) in [6, 6.07) is 11.6. The van der Waals surface area contributed by atoms with E-state index in [0.717, 1.165) is 5.56 Å². The van der Waals surface area contributed by atoms with Gasteiger partial charge in [-0.15, -0.1) is 0 Å². The SMILES string of the molecule is CC1COC(c2ccccc2Cl)CN1C(=O)c1cccc(C(=O)O)n1. The molecule has 1 aromatic heterocycles. The van der Waals surface area contributed by atoms with Crippen LogP contribution >= 0.6 is 11.6 Å². The van der Waals surface area contributed by atoms with Crippen LogP contribution in [0.2, 0.25) is 5.02 Å². The molecule has 2 aromatic rings. The number of ether oxygens (including phenoxy) is 1. The number of hydrogen-bond donors (Lipinski definition) is 1. The molecule has 2 heterocycles. The lowest BCUT2D eigenvalue weighted by atomic mass is 10.1. The van der Waals surface area contributed by atoms with Gasteiger partial charge < -0.3 is 14.7 Å². The minimum atomic E-state index is -1.17. The van der Waals surface area contributed by atoms with E-state index in [2.05, 4.69) is 4.98 Å². The van der Waals surface area contributed by atoms with Crippen LogP contribution in [0.15, 0.2) is 42.5 Å². The lowest BCUT2D eigenvalue weighted by Crippen LogP contribution is -2.48. The highest BCUT2D eigenvalue weighted by atomic mass is 35.5. The molecule has 25 heavy (non-hydrogen) atoms. The van der Waals surface area contributed by atoms with Crippen molar-refractivity contribution in [2.75, 3.05) is 13.2 Å². The fourth-order valence-corrected chi connectivity index (χ4v) is 3.04. The lowest BCUT2D eigenvalue weighted by Gasteiger charge is -2.38. The number of pyridine rings is 1. The fourth-order valence-electron chi connectivity index (χ4n) is 2.78. The standard InChI is InChI=1S/C18H17ClN2O4/c1-11-10-25-16(12-5-2-3-6-13(12)19)9-21(11)17(22)14-7-4-8-15(20-14)18(23)24/h2-8,11,16H,9-10H2,1H3,(H,23,24). The summed E-state index contributed by atoms with van der Waals surface area (Å²) in [5.41, 5.74) is 0.766. The summed E-state index contributed by atoms with van der Waals surface area (Å²) in [6.07, 6.45) is -0.337. The van der Waals surface area contributed by atoms with E-state index in [9.17, 15) is 9.59 Å². The molecule has 2 unspecified atom stereocenters. The van der Waals surface area contributed by atoms with Crippen molar-refractivity contribution in [3.05, 3.63) is 64.4 Å². The monoisotopic (exact) mass is 360 g/mol. The molecular weight excluding hydrogens is 344 g/mol. The highest BCUT2D eigenvalue weighted by Gasteiger charge is 2.32. The van der Waals surface area contributed by atoms with Gasteiger partial charge in [0.2, 0.25) is 0 Å². The van der Waals surface area contributed by atoms with E-state index in [1.807, 2.05) is 25.1 Å². The number of rotatable bonds is 3. The Bertz CT molecular complexity index is 811. The molecular formula is C18H17ClN2O4. The Morgan fingerprint density at radius 3 is 2.64 bits per heavy atom. The average Bonchev–Trinajstić information content (AvgIpc) is 2.62. The topological polar surface area (TPSA) is 79.7 Å². The first-order chi connectivity index (χ1) is 12.0. The zero-order chi connectivity index (χ0) is 18.0. The Morgan fingerprint density at radius 2 is 1.92 bits per heavy atom. The largest absolute Gasteiger partial charge is 0.477 e. The van der Waals surface area contributed by atoms with Crippen molar-refractivity contribution < 1.29 is 19.4 Å². The maximum Gasteiger partial charge on any atom is 0.354 e. The third kappa shape index (κ3) is 3.65. The molecule has 2 atom stereocenters. The van der Waals surface area contributed by atoms with Crippen LogP contribution in [-0.4, -0.2) is 46.1 Å². The van der Waals surface area contributed by atoms with Gasteiger partial charge in [0.05, 0.1) is 19.2 Å². The van der Waals surface area contributed by atoms with Gasteiger partial charge in [-0.05, 0) is 25.1 Å². The lowest BCUT2D eigenvalue weighted by molar-refractivity contribution is -0.0488. The van der Waals surface area contributed by atoms with Crippen LogP contribution in [0.4, 0.5) is 0 Å². The van der Waals surface area contributed by atoms with Crippen molar-refractivity contribution in [2.45, 2.75) is 19.1 Å². The number of nitrogens with zero attached hydrogens (tertiary/aromatic N) is 2. The van der Waals surface area contributed by atoms with E-state index in [4.69, 9.17) is 21.4 Å². The van der Waals surface area contributed by atoms with Crippen molar-refractivity contribution in [1.29, 1.82) is 0 Å². The zero-order valence-corrected chi connectivity index (χ0v) is 14.3. The number of carbonyl (C=O) groups excluding carboxylic acids is 1. The van der Waals surface area contributed by atoms with Crippen molar-refractivity contribution in [3.63, 3.8) is 0 Å². The molecule has 1 aliphatic rings. The van der Waals surface area contributed by atoms with Gasteiger partial charge in [-0.2, -0.15) is 0 Å². The number of aromatic nitrogens is 1. The van der Waals surface area contributed by atoms with Crippen LogP contribution in [0, 0.1) is 0 Å². The van der Waals surface area contributed by atoms with Crippen LogP contribution in [0.5, 0.6) is 0 Å². The summed E-state index contributed by atoms with van der Waals surface area (Å²) in [4.78, 5) is 29.5. The van der Waals surface area contributed by atoms with E-state index in [1.54, 1.807) is 11.0 Å². The molecule has 0 radical (unpaired) electrons. The predicted octanol–water partition coefficient (Wildman–Crippen LogP) is 3.04. The molecule has 1 saturated heterocycles. The molecule has 6 nitrogen and oxygen atoms in total. The van der Waals surface area contributed by atoms with Gasteiger partial charge in [0.25, 0.3) is 5.91 Å². The van der Waals surface area contributed by atoms with E-state index in [0.29, 0.717) is 18.2 Å². The maximum atomic E-state index is 12.8. The Balaban J connectivity index is 1.85. The number of morpholine rings is 1. The quantitative estimate of drug-likeness (QED) is 0.910. The van der Waals surface area contributed by atoms with E-state index >= 15 is 0 Å². The third-order valence-electron chi connectivity index (χ3n) is 4.13. The molecule has 0 bridgehead atoms. The summed E-state index contributed by atoms with van der Waals surface area (Å²) in [7, 11) is 0. The highest BCUT2D eigenvalue weighted by molar-refractivity contribution is 6.31. The molecule has 3 rings (SSSR count). The summed E-state index contributed by atoms with van der Waals surface area (Å²) in [5.74, 6) is -1.49. The molecule has 1 N–H and O–H groups in total. The van der Waals surface area contributed by atoms with Crippen LogP contribution in [0.3, 0.4) is 0 Å². The van der Waals surface area contributed by atoms with Gasteiger partial charge in [0.1, 0.15) is 17.5 Å². The Morgan fingerprint density at radius 1 is 1.20 bits per heavy atom. The number of carboxylic acids is 1. The minimum Gasteiger partial charge on any atom is -0.477 e. The molecule has 0 aliphatic carbocycles. The smallest absolute Gasteiger partial charge is 0.354 e. The molecule has 1 aliphatic heterocycles. The molecule has 1 aromatic carbocycles. The average molecular weight is 361 g/mol. The Labute approximate surface area is 150 Å². The normalized spacial score (nSPS) is 20.3. The maximum absolute atomic E-state index is 12.8. The van der Waals surface area contributed by atoms with Crippen molar-refractivity contribution in [2.24, 2.45) is 0 Å². The first kappa shape index (κ1) is 17.4. The molecule has 1 amide bonds. The van der Waals surface area contributed by atoms with Crippen molar-refractivity contribution in [3.8, 4) is 0 Å². The number of benzene rings is 1. The van der Waals surface area contributed by atoms with Gasteiger partial charge in [-0.3, -0.25) is 4.79 Å². The van der Waals surface area contributed by atoms with Gasteiger partial charge in [-0.25, -0.2) is 9.78 Å². The number of hydrogen-bond acceptors (Lipinski definition) is 4. The van der Waals surface area contributed by atoms with Gasteiger partial charge >= 0.3 is 5.97 Å². The molecule has 130 valence electrons. The minimum absolute atomic E-state index is 0.103. The summed E-state index contributed by atoms with van der Waals surface area (Å²) >= 11 is 6.23.